The maximum absolute atomic E-state index is 13.8. The van der Waals surface area contributed by atoms with Crippen molar-refractivity contribution in [2.75, 3.05) is 56.1 Å². The molecule has 1 saturated heterocycles. The van der Waals surface area contributed by atoms with Gasteiger partial charge in [-0.25, -0.2) is 0 Å². The van der Waals surface area contributed by atoms with E-state index < -0.39 is 0 Å². The summed E-state index contributed by atoms with van der Waals surface area (Å²) in [6, 6.07) is 13.7. The number of para-hydroxylation sites is 2. The van der Waals surface area contributed by atoms with Crippen molar-refractivity contribution in [2.24, 2.45) is 12.5 Å². The van der Waals surface area contributed by atoms with Gasteiger partial charge < -0.3 is 19.9 Å². The quantitative estimate of drug-likeness (QED) is 0.460. The van der Waals surface area contributed by atoms with Crippen molar-refractivity contribution in [2.45, 2.75) is 40.7 Å². The summed E-state index contributed by atoms with van der Waals surface area (Å²) < 4.78 is 7.97. The lowest BCUT2D eigenvalue weighted by atomic mass is 9.92. The molecule has 5 rings (SSSR count). The van der Waals surface area contributed by atoms with E-state index in [9.17, 15) is 4.79 Å². The topological polar surface area (TPSA) is 65.9 Å². The number of hydrogen-bond donors (Lipinski definition) is 1. The fourth-order valence-corrected chi connectivity index (χ4v) is 5.25. The number of aryl methyl sites for hydroxylation is 2. The van der Waals surface area contributed by atoms with Crippen LogP contribution in [0.4, 0.5) is 17.2 Å². The van der Waals surface area contributed by atoms with Crippen LogP contribution in [-0.2, 0) is 13.6 Å². The van der Waals surface area contributed by atoms with Crippen molar-refractivity contribution in [3.63, 3.8) is 0 Å². The van der Waals surface area contributed by atoms with Gasteiger partial charge >= 0.3 is 0 Å². The Kier molecular flexibility index (Phi) is 7.96. The van der Waals surface area contributed by atoms with E-state index in [0.29, 0.717) is 24.1 Å². The van der Waals surface area contributed by atoms with Gasteiger partial charge in [0, 0.05) is 50.9 Å². The summed E-state index contributed by atoms with van der Waals surface area (Å²) in [6.45, 7) is 16.6. The number of benzene rings is 2. The summed E-state index contributed by atoms with van der Waals surface area (Å²) in [4.78, 5) is 20.7. The summed E-state index contributed by atoms with van der Waals surface area (Å²) in [6.07, 6.45) is 3.06. The fourth-order valence-electron chi connectivity index (χ4n) is 5.25. The van der Waals surface area contributed by atoms with Crippen LogP contribution in [-0.4, -0.2) is 71.4 Å². The predicted molar refractivity (Wildman–Crippen MR) is 157 cm³/mol. The zero-order valence-electron chi connectivity index (χ0n) is 24.0. The molecule has 2 aliphatic heterocycles. The molecule has 1 amide bonds. The van der Waals surface area contributed by atoms with E-state index in [1.807, 2.05) is 72.2 Å². The maximum Gasteiger partial charge on any atom is 0.258 e. The molecule has 2 aliphatic rings. The Balaban J connectivity index is 1.18. The van der Waals surface area contributed by atoms with Crippen LogP contribution in [0.15, 0.2) is 48.7 Å². The van der Waals surface area contributed by atoms with Crippen molar-refractivity contribution < 1.29 is 9.53 Å². The van der Waals surface area contributed by atoms with E-state index in [0.717, 1.165) is 66.8 Å². The van der Waals surface area contributed by atoms with Gasteiger partial charge in [-0.1, -0.05) is 32.9 Å². The SMILES string of the molecule is Cc1cc(C(=O)N2Cc3cnn(C)c3Nc3ccccc32)ccc1OCCN1CCN(CCC(C)(C)C)CC1. The van der Waals surface area contributed by atoms with Gasteiger partial charge in [-0.2, -0.15) is 5.10 Å². The average Bonchev–Trinajstić information content (AvgIpc) is 3.16. The van der Waals surface area contributed by atoms with E-state index in [2.05, 4.69) is 41.0 Å². The van der Waals surface area contributed by atoms with Crippen molar-refractivity contribution in [3.05, 3.63) is 65.4 Å². The summed E-state index contributed by atoms with van der Waals surface area (Å²) >= 11 is 0. The number of amides is 1. The molecule has 1 N–H and O–H groups in total. The van der Waals surface area contributed by atoms with Crippen LogP contribution >= 0.6 is 0 Å². The molecule has 208 valence electrons. The highest BCUT2D eigenvalue weighted by Crippen LogP contribution is 2.36. The van der Waals surface area contributed by atoms with Crippen molar-refractivity contribution >= 4 is 23.1 Å². The number of nitrogens with one attached hydrogen (secondary N) is 1. The van der Waals surface area contributed by atoms with Crippen molar-refractivity contribution in [1.82, 2.24) is 19.6 Å². The molecule has 0 aliphatic carbocycles. The van der Waals surface area contributed by atoms with E-state index in [1.165, 1.54) is 13.0 Å². The Morgan fingerprint density at radius 1 is 1.03 bits per heavy atom. The standard InChI is InChI=1S/C31H42N6O2/c1-23-20-24(10-11-28(23)39-19-18-36-16-14-35(15-17-36)13-12-31(2,3)4)30(38)37-22-25-21-32-34(5)29(25)33-26-8-6-7-9-27(26)37/h6-11,20-21,33H,12-19,22H2,1-5H3. The summed E-state index contributed by atoms with van der Waals surface area (Å²) in [7, 11) is 1.90. The number of nitrogens with zero attached hydrogens (tertiary/aromatic N) is 5. The van der Waals surface area contributed by atoms with Crippen molar-refractivity contribution in [1.29, 1.82) is 0 Å². The minimum absolute atomic E-state index is 0.0417. The minimum atomic E-state index is -0.0417. The highest BCUT2D eigenvalue weighted by atomic mass is 16.5. The van der Waals surface area contributed by atoms with Gasteiger partial charge in [-0.15, -0.1) is 0 Å². The summed E-state index contributed by atoms with van der Waals surface area (Å²) in [5.41, 5.74) is 4.73. The molecule has 0 spiro atoms. The second kappa shape index (κ2) is 11.4. The Labute approximate surface area is 232 Å². The number of ether oxygens (including phenoxy) is 1. The number of carbonyl (C=O) groups is 1. The number of piperazine rings is 1. The van der Waals surface area contributed by atoms with Crippen molar-refractivity contribution in [3.8, 4) is 5.75 Å². The second-order valence-electron chi connectivity index (χ2n) is 12.0. The monoisotopic (exact) mass is 530 g/mol. The number of anilines is 3. The smallest absolute Gasteiger partial charge is 0.258 e. The Morgan fingerprint density at radius 3 is 2.46 bits per heavy atom. The highest BCUT2D eigenvalue weighted by molar-refractivity contribution is 6.08. The van der Waals surface area contributed by atoms with E-state index >= 15 is 0 Å². The lowest BCUT2D eigenvalue weighted by molar-refractivity contribution is 0.0985. The first-order valence-electron chi connectivity index (χ1n) is 14.0. The first-order valence-corrected chi connectivity index (χ1v) is 14.0. The summed E-state index contributed by atoms with van der Waals surface area (Å²) in [5, 5.41) is 7.83. The Morgan fingerprint density at radius 2 is 1.74 bits per heavy atom. The van der Waals surface area contributed by atoms with E-state index in [4.69, 9.17) is 4.74 Å². The molecule has 2 aromatic carbocycles. The van der Waals surface area contributed by atoms with Crippen LogP contribution in [0.5, 0.6) is 5.75 Å². The van der Waals surface area contributed by atoms with Gasteiger partial charge in [0.1, 0.15) is 18.2 Å². The van der Waals surface area contributed by atoms with Gasteiger partial charge in [0.25, 0.3) is 5.91 Å². The molecule has 1 aromatic heterocycles. The Hall–Kier alpha value is -3.36. The first kappa shape index (κ1) is 27.2. The van der Waals surface area contributed by atoms with Crippen LogP contribution in [0, 0.1) is 12.3 Å². The number of rotatable bonds is 7. The zero-order chi connectivity index (χ0) is 27.6. The summed E-state index contributed by atoms with van der Waals surface area (Å²) in [5.74, 6) is 1.70. The van der Waals surface area contributed by atoms with Gasteiger partial charge in [-0.3, -0.25) is 14.4 Å². The average molecular weight is 531 g/mol. The van der Waals surface area contributed by atoms with Crippen LogP contribution in [0.25, 0.3) is 0 Å². The Bertz CT molecular complexity index is 1300. The van der Waals surface area contributed by atoms with Crippen LogP contribution in [0.3, 0.4) is 0 Å². The van der Waals surface area contributed by atoms with Crippen LogP contribution < -0.4 is 15.0 Å². The molecule has 1 fully saturated rings. The molecule has 0 unspecified atom stereocenters. The molecule has 0 radical (unpaired) electrons. The molecular formula is C31H42N6O2. The third-order valence-electron chi connectivity index (χ3n) is 7.77. The third kappa shape index (κ3) is 6.45. The molecule has 0 saturated carbocycles. The number of hydrogen-bond acceptors (Lipinski definition) is 6. The lowest BCUT2D eigenvalue weighted by Gasteiger charge is -2.35. The molecule has 8 heteroatoms. The highest BCUT2D eigenvalue weighted by Gasteiger charge is 2.27. The van der Waals surface area contributed by atoms with Gasteiger partial charge in [-0.05, 0) is 61.2 Å². The lowest BCUT2D eigenvalue weighted by Crippen LogP contribution is -2.48. The minimum Gasteiger partial charge on any atom is -0.492 e. The normalized spacial score (nSPS) is 16.3. The van der Waals surface area contributed by atoms with E-state index in [1.54, 1.807) is 0 Å². The molecule has 3 aromatic rings. The number of carbonyl (C=O) groups excluding carboxylic acids is 1. The largest absolute Gasteiger partial charge is 0.492 e. The number of aromatic nitrogens is 2. The fraction of sp³-hybridized carbons (Fsp3) is 0.484. The molecular weight excluding hydrogens is 488 g/mol. The zero-order valence-corrected chi connectivity index (χ0v) is 24.0. The van der Waals surface area contributed by atoms with Crippen LogP contribution in [0.1, 0.15) is 48.7 Å². The number of fused-ring (bicyclic) bond motifs is 2. The van der Waals surface area contributed by atoms with Gasteiger partial charge in [0.2, 0.25) is 0 Å². The van der Waals surface area contributed by atoms with Gasteiger partial charge in [0.05, 0.1) is 24.1 Å². The molecule has 39 heavy (non-hydrogen) atoms. The van der Waals surface area contributed by atoms with Gasteiger partial charge in [0.15, 0.2) is 0 Å². The predicted octanol–water partition coefficient (Wildman–Crippen LogP) is 5.07. The molecule has 8 nitrogen and oxygen atoms in total. The molecule has 0 bridgehead atoms. The van der Waals surface area contributed by atoms with Crippen LogP contribution in [0.2, 0.25) is 0 Å². The third-order valence-corrected chi connectivity index (χ3v) is 7.77. The molecule has 3 heterocycles. The van der Waals surface area contributed by atoms with E-state index in [-0.39, 0.29) is 5.91 Å². The maximum atomic E-state index is 13.8. The second-order valence-corrected chi connectivity index (χ2v) is 12.0. The first-order chi connectivity index (χ1) is 18.7. The molecule has 0 atom stereocenters.